The molecular weight excluding hydrogens is 264 g/mol. The van der Waals surface area contributed by atoms with Crippen LogP contribution in [0.25, 0.3) is 0 Å². The van der Waals surface area contributed by atoms with Crippen molar-refractivity contribution in [3.63, 3.8) is 0 Å². The number of nitrogen functional groups attached to an aromatic ring is 1. The van der Waals surface area contributed by atoms with Gasteiger partial charge in [-0.25, -0.2) is 0 Å². The third-order valence-electron chi connectivity index (χ3n) is 4.28. The Bertz CT molecular complexity index is 501. The second-order valence-corrected chi connectivity index (χ2v) is 6.02. The number of carbonyl (C=O) groups excluding carboxylic acids is 1. The Kier molecular flexibility index (Phi) is 5.20. The van der Waals surface area contributed by atoms with Crippen molar-refractivity contribution in [2.75, 3.05) is 44.8 Å². The summed E-state index contributed by atoms with van der Waals surface area (Å²) in [6.45, 7) is 4.87. The average Bonchev–Trinajstić information content (AvgIpc) is 2.91. The quantitative estimate of drug-likeness (QED) is 0.808. The van der Waals surface area contributed by atoms with Crippen LogP contribution in [0.15, 0.2) is 18.2 Å². The molecule has 1 aliphatic heterocycles. The smallest absolute Gasteiger partial charge is 0.225 e. The highest BCUT2D eigenvalue weighted by Crippen LogP contribution is 2.20. The van der Waals surface area contributed by atoms with Crippen LogP contribution in [-0.2, 0) is 4.79 Å². The number of likely N-dealkylation sites (N-methyl/N-ethyl adjacent to an activating group) is 1. The molecule has 1 unspecified atom stereocenters. The number of hydrogen-bond acceptors (Lipinski definition) is 4. The van der Waals surface area contributed by atoms with Crippen molar-refractivity contribution in [1.29, 1.82) is 0 Å². The van der Waals surface area contributed by atoms with Gasteiger partial charge in [0.15, 0.2) is 0 Å². The Morgan fingerprint density at radius 3 is 2.90 bits per heavy atom. The fourth-order valence-electron chi connectivity index (χ4n) is 2.70. The maximum atomic E-state index is 12.1. The van der Waals surface area contributed by atoms with E-state index in [9.17, 15) is 4.79 Å². The van der Waals surface area contributed by atoms with Gasteiger partial charge in [0.25, 0.3) is 0 Å². The molecule has 2 rings (SSSR count). The summed E-state index contributed by atoms with van der Waals surface area (Å²) in [7, 11) is 4.23. The number of nitrogens with one attached hydrogen (secondary N) is 1. The van der Waals surface area contributed by atoms with Gasteiger partial charge in [-0.15, -0.1) is 0 Å². The van der Waals surface area contributed by atoms with Gasteiger partial charge in [0.05, 0.1) is 0 Å². The zero-order valence-corrected chi connectivity index (χ0v) is 13.2. The first kappa shape index (κ1) is 15.8. The number of amides is 1. The van der Waals surface area contributed by atoms with Crippen molar-refractivity contribution in [2.24, 2.45) is 0 Å². The monoisotopic (exact) mass is 290 g/mol. The lowest BCUT2D eigenvalue weighted by atomic mass is 10.1. The van der Waals surface area contributed by atoms with Crippen molar-refractivity contribution in [1.82, 2.24) is 9.80 Å². The third-order valence-corrected chi connectivity index (χ3v) is 4.28. The summed E-state index contributed by atoms with van der Waals surface area (Å²) in [5.74, 6) is 0.0528. The fraction of sp³-hybridized carbons (Fsp3) is 0.562. The van der Waals surface area contributed by atoms with Crippen LogP contribution in [0.4, 0.5) is 11.4 Å². The van der Waals surface area contributed by atoms with Gasteiger partial charge in [0.1, 0.15) is 0 Å². The number of likely N-dealkylation sites (tertiary alicyclic amines) is 1. The first-order valence-electron chi connectivity index (χ1n) is 7.51. The molecule has 0 aromatic heterocycles. The first-order chi connectivity index (χ1) is 9.97. The standard InChI is InChI=1S/C16H26N4O/c1-12-14(17)5-4-6-15(12)18-16(21)8-10-20-9-7-13(11-20)19(2)3/h4-6,13H,7-11,17H2,1-3H3,(H,18,21). The Hall–Kier alpha value is -1.59. The first-order valence-corrected chi connectivity index (χ1v) is 7.51. The molecule has 0 saturated carbocycles. The van der Waals surface area contributed by atoms with Crippen LogP contribution in [0.5, 0.6) is 0 Å². The highest BCUT2D eigenvalue weighted by atomic mass is 16.1. The summed E-state index contributed by atoms with van der Waals surface area (Å²) >= 11 is 0. The fourth-order valence-corrected chi connectivity index (χ4v) is 2.70. The number of rotatable bonds is 5. The van der Waals surface area contributed by atoms with Crippen LogP contribution in [0.2, 0.25) is 0 Å². The lowest BCUT2D eigenvalue weighted by Crippen LogP contribution is -2.32. The predicted molar refractivity (Wildman–Crippen MR) is 87.4 cm³/mol. The maximum absolute atomic E-state index is 12.1. The number of hydrogen-bond donors (Lipinski definition) is 2. The SMILES string of the molecule is Cc1c(N)cccc1NC(=O)CCN1CCC(N(C)C)C1. The molecule has 5 heteroatoms. The molecule has 1 fully saturated rings. The average molecular weight is 290 g/mol. The molecular formula is C16H26N4O. The van der Waals surface area contributed by atoms with E-state index in [4.69, 9.17) is 5.73 Å². The summed E-state index contributed by atoms with van der Waals surface area (Å²) in [5, 5.41) is 2.95. The van der Waals surface area contributed by atoms with E-state index in [1.54, 1.807) is 0 Å². The minimum atomic E-state index is 0.0528. The van der Waals surface area contributed by atoms with Crippen LogP contribution in [0.1, 0.15) is 18.4 Å². The highest BCUT2D eigenvalue weighted by molar-refractivity contribution is 5.92. The second kappa shape index (κ2) is 6.91. The third kappa shape index (κ3) is 4.19. The molecule has 1 atom stereocenters. The van der Waals surface area contributed by atoms with E-state index in [1.165, 1.54) is 6.42 Å². The van der Waals surface area contributed by atoms with Gasteiger partial charge in [-0.05, 0) is 51.7 Å². The molecule has 116 valence electrons. The van der Waals surface area contributed by atoms with Crippen LogP contribution >= 0.6 is 0 Å². The minimum absolute atomic E-state index is 0.0528. The molecule has 1 saturated heterocycles. The van der Waals surface area contributed by atoms with Crippen molar-refractivity contribution >= 4 is 17.3 Å². The minimum Gasteiger partial charge on any atom is -0.398 e. The lowest BCUT2D eigenvalue weighted by molar-refractivity contribution is -0.116. The van der Waals surface area contributed by atoms with E-state index < -0.39 is 0 Å². The molecule has 1 amide bonds. The molecule has 1 aromatic carbocycles. The van der Waals surface area contributed by atoms with Gasteiger partial charge in [-0.2, -0.15) is 0 Å². The van der Waals surface area contributed by atoms with E-state index in [0.717, 1.165) is 30.9 Å². The number of carbonyl (C=O) groups is 1. The molecule has 0 radical (unpaired) electrons. The summed E-state index contributed by atoms with van der Waals surface area (Å²) < 4.78 is 0. The molecule has 0 bridgehead atoms. The Morgan fingerprint density at radius 1 is 1.48 bits per heavy atom. The maximum Gasteiger partial charge on any atom is 0.225 e. The summed E-state index contributed by atoms with van der Waals surface area (Å²) in [6, 6.07) is 6.21. The molecule has 21 heavy (non-hydrogen) atoms. The molecule has 1 aromatic rings. The van der Waals surface area contributed by atoms with Crippen molar-refractivity contribution in [2.45, 2.75) is 25.8 Å². The Balaban J connectivity index is 1.79. The van der Waals surface area contributed by atoms with Gasteiger partial charge >= 0.3 is 0 Å². The van der Waals surface area contributed by atoms with Crippen LogP contribution in [-0.4, -0.2) is 55.5 Å². The van der Waals surface area contributed by atoms with Crippen LogP contribution in [0, 0.1) is 6.92 Å². The molecule has 1 aliphatic rings. The molecule has 0 spiro atoms. The Morgan fingerprint density at radius 2 is 2.24 bits per heavy atom. The van der Waals surface area contributed by atoms with Gasteiger partial charge in [0, 0.05) is 36.9 Å². The second-order valence-electron chi connectivity index (χ2n) is 6.02. The van der Waals surface area contributed by atoms with E-state index in [0.29, 0.717) is 18.2 Å². The van der Waals surface area contributed by atoms with Gasteiger partial charge in [-0.1, -0.05) is 6.07 Å². The largest absolute Gasteiger partial charge is 0.398 e. The summed E-state index contributed by atoms with van der Waals surface area (Å²) in [4.78, 5) is 16.7. The van der Waals surface area contributed by atoms with E-state index >= 15 is 0 Å². The van der Waals surface area contributed by atoms with E-state index in [-0.39, 0.29) is 5.91 Å². The zero-order valence-electron chi connectivity index (χ0n) is 13.2. The predicted octanol–water partition coefficient (Wildman–Crippen LogP) is 1.54. The van der Waals surface area contributed by atoms with Gasteiger partial charge < -0.3 is 20.9 Å². The normalized spacial score (nSPS) is 19.1. The highest BCUT2D eigenvalue weighted by Gasteiger charge is 2.23. The van der Waals surface area contributed by atoms with Crippen molar-refractivity contribution in [3.05, 3.63) is 23.8 Å². The lowest BCUT2D eigenvalue weighted by Gasteiger charge is -2.20. The zero-order chi connectivity index (χ0) is 15.4. The summed E-state index contributed by atoms with van der Waals surface area (Å²) in [6.07, 6.45) is 1.71. The number of benzene rings is 1. The van der Waals surface area contributed by atoms with Crippen molar-refractivity contribution < 1.29 is 4.79 Å². The van der Waals surface area contributed by atoms with Gasteiger partial charge in [-0.3, -0.25) is 4.79 Å². The molecule has 3 N–H and O–H groups in total. The van der Waals surface area contributed by atoms with Crippen LogP contribution < -0.4 is 11.1 Å². The molecule has 5 nitrogen and oxygen atoms in total. The number of nitrogens with two attached hydrogens (primary N) is 1. The van der Waals surface area contributed by atoms with Crippen molar-refractivity contribution in [3.8, 4) is 0 Å². The molecule has 1 heterocycles. The summed E-state index contributed by atoms with van der Waals surface area (Å²) in [5.41, 5.74) is 8.30. The number of anilines is 2. The van der Waals surface area contributed by atoms with Gasteiger partial charge in [0.2, 0.25) is 5.91 Å². The Labute approximate surface area is 127 Å². The number of nitrogens with zero attached hydrogens (tertiary/aromatic N) is 2. The van der Waals surface area contributed by atoms with Crippen LogP contribution in [0.3, 0.4) is 0 Å². The topological polar surface area (TPSA) is 61.6 Å². The molecule has 0 aliphatic carbocycles. The van der Waals surface area contributed by atoms with E-state index in [1.807, 2.05) is 25.1 Å². The van der Waals surface area contributed by atoms with E-state index in [2.05, 4.69) is 29.2 Å².